The van der Waals surface area contributed by atoms with Gasteiger partial charge in [-0.1, -0.05) is 11.3 Å². The summed E-state index contributed by atoms with van der Waals surface area (Å²) in [6, 6.07) is 3.90. The molecule has 2 atom stereocenters. The monoisotopic (exact) mass is 473 g/mol. The van der Waals surface area contributed by atoms with Crippen molar-refractivity contribution in [1.29, 1.82) is 0 Å². The number of carbonyl (C=O) groups excluding carboxylic acids is 1. The van der Waals surface area contributed by atoms with Gasteiger partial charge >= 0.3 is 6.01 Å². The molecule has 10 nitrogen and oxygen atoms in total. The molecule has 0 aliphatic carbocycles. The quantitative estimate of drug-likeness (QED) is 0.596. The predicted molar refractivity (Wildman–Crippen MR) is 122 cm³/mol. The average Bonchev–Trinajstić information content (AvgIpc) is 3.22. The third kappa shape index (κ3) is 4.86. The minimum absolute atomic E-state index is 0.00134. The SMILES string of the molecule is CC1OCCN(c2nc(Oc3ccc(C(=O)N(C)C)cc3F)nc(-c3cnc(N)s3)n2)C1C. The molecule has 1 saturated heterocycles. The van der Waals surface area contributed by atoms with E-state index < -0.39 is 5.82 Å². The minimum atomic E-state index is -0.707. The second kappa shape index (κ2) is 9.24. The number of halogens is 1. The van der Waals surface area contributed by atoms with Crippen LogP contribution < -0.4 is 15.4 Å². The third-order valence-electron chi connectivity index (χ3n) is 5.27. The summed E-state index contributed by atoms with van der Waals surface area (Å²) in [5.41, 5.74) is 5.98. The molecule has 33 heavy (non-hydrogen) atoms. The van der Waals surface area contributed by atoms with Crippen molar-refractivity contribution in [2.75, 3.05) is 37.9 Å². The first-order valence-corrected chi connectivity index (χ1v) is 11.1. The van der Waals surface area contributed by atoms with Crippen LogP contribution in [0.15, 0.2) is 24.4 Å². The van der Waals surface area contributed by atoms with Crippen LogP contribution in [-0.2, 0) is 4.74 Å². The van der Waals surface area contributed by atoms with Gasteiger partial charge in [0.2, 0.25) is 5.95 Å². The van der Waals surface area contributed by atoms with Crippen molar-refractivity contribution >= 4 is 28.3 Å². The highest BCUT2D eigenvalue weighted by Crippen LogP contribution is 2.31. The lowest BCUT2D eigenvalue weighted by atomic mass is 10.1. The summed E-state index contributed by atoms with van der Waals surface area (Å²) >= 11 is 1.22. The third-order valence-corrected chi connectivity index (χ3v) is 6.10. The van der Waals surface area contributed by atoms with Crippen LogP contribution in [-0.4, -0.2) is 70.1 Å². The number of ether oxygens (including phenoxy) is 2. The lowest BCUT2D eigenvalue weighted by Gasteiger charge is -2.37. The van der Waals surface area contributed by atoms with Crippen LogP contribution in [0, 0.1) is 5.82 Å². The molecule has 1 aliphatic heterocycles. The molecule has 2 unspecified atom stereocenters. The Morgan fingerprint density at radius 3 is 2.76 bits per heavy atom. The Labute approximate surface area is 194 Å². The second-order valence-electron chi connectivity index (χ2n) is 7.76. The molecular formula is C21H24FN7O3S. The maximum absolute atomic E-state index is 14.7. The van der Waals surface area contributed by atoms with Gasteiger partial charge in [-0.05, 0) is 32.0 Å². The van der Waals surface area contributed by atoms with E-state index in [4.69, 9.17) is 15.2 Å². The topological polar surface area (TPSA) is 120 Å². The molecule has 174 valence electrons. The maximum Gasteiger partial charge on any atom is 0.327 e. The number of anilines is 2. The number of nitrogen functional groups attached to an aromatic ring is 1. The van der Waals surface area contributed by atoms with Gasteiger partial charge in [0, 0.05) is 26.2 Å². The molecule has 0 spiro atoms. The predicted octanol–water partition coefficient (Wildman–Crippen LogP) is 2.82. The number of amides is 1. The first-order chi connectivity index (χ1) is 15.7. The fourth-order valence-electron chi connectivity index (χ4n) is 3.31. The first-order valence-electron chi connectivity index (χ1n) is 10.3. The van der Waals surface area contributed by atoms with Gasteiger partial charge in [0.15, 0.2) is 22.5 Å². The molecule has 2 aromatic heterocycles. The van der Waals surface area contributed by atoms with E-state index in [0.717, 1.165) is 6.07 Å². The van der Waals surface area contributed by atoms with Crippen LogP contribution in [0.3, 0.4) is 0 Å². The number of nitrogens with two attached hydrogens (primary N) is 1. The van der Waals surface area contributed by atoms with Gasteiger partial charge < -0.3 is 25.0 Å². The highest BCUT2D eigenvalue weighted by molar-refractivity contribution is 7.18. The van der Waals surface area contributed by atoms with E-state index in [-0.39, 0.29) is 35.4 Å². The number of carbonyl (C=O) groups is 1. The number of hydrogen-bond donors (Lipinski definition) is 1. The van der Waals surface area contributed by atoms with Crippen molar-refractivity contribution in [3.05, 3.63) is 35.8 Å². The standard InChI is InChI=1S/C21H24FN7O3S/c1-11-12(2)31-8-7-29(11)20-25-17(16-10-24-19(23)33-16)26-21(27-20)32-15-6-5-13(9-14(15)22)18(30)28(3)4/h5-6,9-12H,7-8H2,1-4H3,(H2,23,24). The molecule has 1 amide bonds. The Morgan fingerprint density at radius 2 is 2.09 bits per heavy atom. The van der Waals surface area contributed by atoms with Crippen molar-refractivity contribution in [2.45, 2.75) is 26.0 Å². The van der Waals surface area contributed by atoms with E-state index >= 15 is 0 Å². The van der Waals surface area contributed by atoms with E-state index in [1.807, 2.05) is 18.7 Å². The lowest BCUT2D eigenvalue weighted by Crippen LogP contribution is -2.49. The number of thiazole rings is 1. The molecule has 4 rings (SSSR count). The number of hydrogen-bond acceptors (Lipinski definition) is 10. The van der Waals surface area contributed by atoms with Gasteiger partial charge in [-0.25, -0.2) is 9.37 Å². The van der Waals surface area contributed by atoms with Gasteiger partial charge in [-0.15, -0.1) is 0 Å². The summed E-state index contributed by atoms with van der Waals surface area (Å²) < 4.78 is 26.1. The molecule has 3 heterocycles. The fourth-order valence-corrected chi connectivity index (χ4v) is 3.93. The highest BCUT2D eigenvalue weighted by Gasteiger charge is 2.29. The number of nitrogens with zero attached hydrogens (tertiary/aromatic N) is 6. The van der Waals surface area contributed by atoms with Crippen molar-refractivity contribution in [3.63, 3.8) is 0 Å². The van der Waals surface area contributed by atoms with Crippen LogP contribution in [0.5, 0.6) is 11.8 Å². The fraction of sp³-hybridized carbons (Fsp3) is 0.381. The maximum atomic E-state index is 14.7. The molecule has 1 aliphatic rings. The number of morpholine rings is 1. The molecule has 0 radical (unpaired) electrons. The highest BCUT2D eigenvalue weighted by atomic mass is 32.1. The van der Waals surface area contributed by atoms with Crippen molar-refractivity contribution < 1.29 is 18.7 Å². The Kier molecular flexibility index (Phi) is 6.38. The number of benzene rings is 1. The molecule has 1 fully saturated rings. The largest absolute Gasteiger partial charge is 0.421 e. The van der Waals surface area contributed by atoms with Gasteiger partial charge in [0.1, 0.15) is 0 Å². The average molecular weight is 474 g/mol. The van der Waals surface area contributed by atoms with Crippen molar-refractivity contribution in [1.82, 2.24) is 24.8 Å². The van der Waals surface area contributed by atoms with E-state index in [0.29, 0.717) is 34.9 Å². The Bertz CT molecular complexity index is 1170. The summed E-state index contributed by atoms with van der Waals surface area (Å²) in [4.78, 5) is 33.5. The summed E-state index contributed by atoms with van der Waals surface area (Å²) in [5, 5.41) is 0.370. The molecule has 12 heteroatoms. The molecule has 0 saturated carbocycles. The smallest absolute Gasteiger partial charge is 0.327 e. The summed E-state index contributed by atoms with van der Waals surface area (Å²) in [6.07, 6.45) is 1.54. The lowest BCUT2D eigenvalue weighted by molar-refractivity contribution is 0.0277. The van der Waals surface area contributed by atoms with E-state index in [9.17, 15) is 9.18 Å². The molecular weight excluding hydrogens is 449 g/mol. The van der Waals surface area contributed by atoms with Crippen LogP contribution >= 0.6 is 11.3 Å². The van der Waals surface area contributed by atoms with Crippen LogP contribution in [0.25, 0.3) is 10.7 Å². The molecule has 1 aromatic carbocycles. The van der Waals surface area contributed by atoms with Gasteiger partial charge in [0.05, 0.1) is 29.8 Å². The van der Waals surface area contributed by atoms with Crippen LogP contribution in [0.1, 0.15) is 24.2 Å². The summed E-state index contributed by atoms with van der Waals surface area (Å²) in [6.45, 7) is 5.09. The zero-order valence-electron chi connectivity index (χ0n) is 18.6. The van der Waals surface area contributed by atoms with Crippen LogP contribution in [0.4, 0.5) is 15.5 Å². The number of rotatable bonds is 5. The second-order valence-corrected chi connectivity index (χ2v) is 8.82. The first kappa shape index (κ1) is 22.8. The van der Waals surface area contributed by atoms with E-state index in [1.54, 1.807) is 20.3 Å². The molecule has 3 aromatic rings. The van der Waals surface area contributed by atoms with Gasteiger partial charge in [-0.2, -0.15) is 15.0 Å². The minimum Gasteiger partial charge on any atom is -0.421 e. The Hall–Kier alpha value is -3.38. The van der Waals surface area contributed by atoms with E-state index in [1.165, 1.54) is 28.4 Å². The molecule has 2 N–H and O–H groups in total. The zero-order chi connectivity index (χ0) is 23.7. The normalized spacial score (nSPS) is 18.3. The molecule has 0 bridgehead atoms. The van der Waals surface area contributed by atoms with Crippen molar-refractivity contribution in [2.24, 2.45) is 0 Å². The van der Waals surface area contributed by atoms with Crippen molar-refractivity contribution in [3.8, 4) is 22.5 Å². The zero-order valence-corrected chi connectivity index (χ0v) is 19.5. The van der Waals surface area contributed by atoms with E-state index in [2.05, 4.69) is 19.9 Å². The summed E-state index contributed by atoms with van der Waals surface area (Å²) in [7, 11) is 3.19. The van der Waals surface area contributed by atoms with Gasteiger partial charge in [-0.3, -0.25) is 4.79 Å². The number of aromatic nitrogens is 4. The Balaban J connectivity index is 1.71. The van der Waals surface area contributed by atoms with Crippen LogP contribution in [0.2, 0.25) is 0 Å². The van der Waals surface area contributed by atoms with Gasteiger partial charge in [0.25, 0.3) is 5.91 Å². The Morgan fingerprint density at radius 1 is 1.30 bits per heavy atom. The summed E-state index contributed by atoms with van der Waals surface area (Å²) in [5.74, 6) is -0.439.